The van der Waals surface area contributed by atoms with Gasteiger partial charge in [-0.25, -0.2) is 4.79 Å². The molecule has 10 heteroatoms. The number of esters is 1. The van der Waals surface area contributed by atoms with Gasteiger partial charge in [-0.1, -0.05) is 5.92 Å². The highest BCUT2D eigenvalue weighted by atomic mass is 16.5. The minimum absolute atomic E-state index is 0.0192. The normalized spacial score (nSPS) is 14.0. The predicted molar refractivity (Wildman–Crippen MR) is 104 cm³/mol. The van der Waals surface area contributed by atoms with Crippen molar-refractivity contribution >= 4 is 23.1 Å². The molecule has 10 nitrogen and oxygen atoms in total. The lowest BCUT2D eigenvalue weighted by atomic mass is 10.4. The van der Waals surface area contributed by atoms with E-state index in [-0.39, 0.29) is 13.2 Å². The van der Waals surface area contributed by atoms with Crippen LogP contribution in [0.1, 0.15) is 13.8 Å². The van der Waals surface area contributed by atoms with Crippen LogP contribution in [0.4, 0.5) is 5.95 Å². The number of hydrogen-bond acceptors (Lipinski definition) is 7. The highest BCUT2D eigenvalue weighted by Crippen LogP contribution is 2.19. The number of carbonyl (C=O) groups excluding carboxylic acids is 1. The average Bonchev–Trinajstić information content (AvgIpc) is 3.07. The van der Waals surface area contributed by atoms with Gasteiger partial charge >= 0.3 is 11.7 Å². The quantitative estimate of drug-likeness (QED) is 0.512. The van der Waals surface area contributed by atoms with Crippen molar-refractivity contribution < 1.29 is 9.53 Å². The number of nitrogens with zero attached hydrogens (tertiary/aromatic N) is 5. The summed E-state index contributed by atoms with van der Waals surface area (Å²) >= 11 is 0. The second-order valence-corrected chi connectivity index (χ2v) is 6.47. The summed E-state index contributed by atoms with van der Waals surface area (Å²) in [6, 6.07) is 0. The molecule has 0 aliphatic carbocycles. The fourth-order valence-corrected chi connectivity index (χ4v) is 3.25. The molecule has 0 atom stereocenters. The molecule has 28 heavy (non-hydrogen) atoms. The van der Waals surface area contributed by atoms with Crippen LogP contribution < -0.4 is 21.5 Å². The summed E-state index contributed by atoms with van der Waals surface area (Å²) in [7, 11) is 1.58. The maximum absolute atomic E-state index is 13.1. The number of ether oxygens (including phenoxy) is 1. The number of hydrogen-bond donors (Lipinski definition) is 1. The molecule has 0 radical (unpaired) electrons. The summed E-state index contributed by atoms with van der Waals surface area (Å²) in [6.07, 6.45) is 0. The van der Waals surface area contributed by atoms with E-state index in [1.165, 1.54) is 11.5 Å². The fraction of sp³-hybridized carbons (Fsp3) is 0.556. The van der Waals surface area contributed by atoms with E-state index in [2.05, 4.69) is 27.0 Å². The highest BCUT2D eigenvalue weighted by Gasteiger charge is 2.24. The Bertz CT molecular complexity index is 1060. The van der Waals surface area contributed by atoms with Gasteiger partial charge in [0.2, 0.25) is 5.95 Å². The van der Waals surface area contributed by atoms with Gasteiger partial charge in [0.25, 0.3) is 5.56 Å². The summed E-state index contributed by atoms with van der Waals surface area (Å²) in [5.41, 5.74) is -0.314. The van der Waals surface area contributed by atoms with E-state index in [0.29, 0.717) is 23.7 Å². The third-order valence-corrected chi connectivity index (χ3v) is 4.65. The van der Waals surface area contributed by atoms with E-state index in [9.17, 15) is 14.4 Å². The van der Waals surface area contributed by atoms with Crippen LogP contribution >= 0.6 is 0 Å². The summed E-state index contributed by atoms with van der Waals surface area (Å²) in [6.45, 7) is 6.36. The van der Waals surface area contributed by atoms with Gasteiger partial charge < -0.3 is 15.0 Å². The number of aryl methyl sites for hydroxylation is 1. The van der Waals surface area contributed by atoms with Crippen molar-refractivity contribution in [3.05, 3.63) is 20.8 Å². The van der Waals surface area contributed by atoms with Crippen molar-refractivity contribution in [2.45, 2.75) is 26.9 Å². The molecule has 0 amide bonds. The molecule has 150 valence electrons. The average molecular weight is 388 g/mol. The van der Waals surface area contributed by atoms with E-state index in [1.54, 1.807) is 18.5 Å². The van der Waals surface area contributed by atoms with Crippen LogP contribution in [0, 0.1) is 11.8 Å². The standard InChI is InChI=1S/C18H24N6O4/c1-4-5-8-23-14-15(20-17(23)22-9-6-19-7-10-22)21(3)18(27)24(16(14)26)11-12-28-13(2)25/h19H,6-12H2,1-3H3. The maximum atomic E-state index is 13.1. The maximum Gasteiger partial charge on any atom is 0.332 e. The number of imidazole rings is 1. The second kappa shape index (κ2) is 8.31. The van der Waals surface area contributed by atoms with Crippen molar-refractivity contribution in [3.63, 3.8) is 0 Å². The summed E-state index contributed by atoms with van der Waals surface area (Å²) in [5.74, 6) is 6.00. The van der Waals surface area contributed by atoms with Gasteiger partial charge in [-0.3, -0.25) is 23.3 Å². The Morgan fingerprint density at radius 2 is 1.96 bits per heavy atom. The molecule has 3 heterocycles. The van der Waals surface area contributed by atoms with Crippen LogP contribution in [0.2, 0.25) is 0 Å². The van der Waals surface area contributed by atoms with Gasteiger partial charge in [-0.05, 0) is 6.92 Å². The lowest BCUT2D eigenvalue weighted by Gasteiger charge is -2.28. The number of fused-ring (bicyclic) bond motifs is 1. The van der Waals surface area contributed by atoms with Crippen molar-refractivity contribution in [1.82, 2.24) is 24.0 Å². The fourth-order valence-electron chi connectivity index (χ4n) is 3.25. The summed E-state index contributed by atoms with van der Waals surface area (Å²) in [4.78, 5) is 43.5. The van der Waals surface area contributed by atoms with Crippen LogP contribution in [0.3, 0.4) is 0 Å². The Balaban J connectivity index is 2.18. The molecule has 2 aromatic rings. The highest BCUT2D eigenvalue weighted by molar-refractivity contribution is 5.75. The van der Waals surface area contributed by atoms with E-state index in [1.807, 2.05) is 0 Å². The summed E-state index contributed by atoms with van der Waals surface area (Å²) in [5, 5.41) is 3.28. The van der Waals surface area contributed by atoms with Crippen LogP contribution in [0.15, 0.2) is 9.59 Å². The molecule has 0 bridgehead atoms. The van der Waals surface area contributed by atoms with Crippen LogP contribution in [0.5, 0.6) is 0 Å². The van der Waals surface area contributed by atoms with E-state index in [4.69, 9.17) is 4.74 Å². The van der Waals surface area contributed by atoms with Crippen molar-refractivity contribution in [2.75, 3.05) is 37.7 Å². The minimum atomic E-state index is -0.497. The number of piperazine rings is 1. The zero-order valence-corrected chi connectivity index (χ0v) is 16.3. The second-order valence-electron chi connectivity index (χ2n) is 6.47. The molecule has 1 aliphatic rings. The first-order valence-electron chi connectivity index (χ1n) is 9.14. The van der Waals surface area contributed by atoms with Gasteiger partial charge in [0.15, 0.2) is 11.2 Å². The molecule has 3 rings (SSSR count). The van der Waals surface area contributed by atoms with Crippen LogP contribution in [-0.4, -0.2) is 57.4 Å². The first-order valence-corrected chi connectivity index (χ1v) is 9.14. The SMILES string of the molecule is CC#CCn1c(N2CCNCC2)nc2c1c(=O)n(CCOC(C)=O)c(=O)n2C. The predicted octanol–water partition coefficient (Wildman–Crippen LogP) is -1.11. The number of anilines is 1. The molecular weight excluding hydrogens is 364 g/mol. The molecule has 0 saturated carbocycles. The smallest absolute Gasteiger partial charge is 0.332 e. The molecule has 2 aromatic heterocycles. The van der Waals surface area contributed by atoms with Crippen LogP contribution in [0.25, 0.3) is 11.2 Å². The third kappa shape index (κ3) is 3.66. The Labute approximate surface area is 161 Å². The number of carbonyl (C=O) groups is 1. The lowest BCUT2D eigenvalue weighted by molar-refractivity contribution is -0.141. The minimum Gasteiger partial charge on any atom is -0.464 e. The zero-order chi connectivity index (χ0) is 20.3. The van der Waals surface area contributed by atoms with E-state index < -0.39 is 17.2 Å². The first-order chi connectivity index (χ1) is 13.5. The zero-order valence-electron chi connectivity index (χ0n) is 16.3. The molecule has 1 aliphatic heterocycles. The largest absolute Gasteiger partial charge is 0.464 e. The molecule has 1 fully saturated rings. The number of rotatable bonds is 5. The molecule has 1 saturated heterocycles. The monoisotopic (exact) mass is 388 g/mol. The first kappa shape index (κ1) is 19.7. The Morgan fingerprint density at radius 1 is 1.25 bits per heavy atom. The Morgan fingerprint density at radius 3 is 2.61 bits per heavy atom. The van der Waals surface area contributed by atoms with Gasteiger partial charge in [-0.2, -0.15) is 4.98 Å². The van der Waals surface area contributed by atoms with Crippen LogP contribution in [-0.2, 0) is 29.7 Å². The van der Waals surface area contributed by atoms with E-state index in [0.717, 1.165) is 30.7 Å². The Hall–Kier alpha value is -3.06. The molecule has 1 N–H and O–H groups in total. The topological polar surface area (TPSA) is 103 Å². The van der Waals surface area contributed by atoms with Gasteiger partial charge in [-0.15, -0.1) is 5.92 Å². The van der Waals surface area contributed by atoms with Crippen molar-refractivity contribution in [2.24, 2.45) is 7.05 Å². The summed E-state index contributed by atoms with van der Waals surface area (Å²) < 4.78 is 9.09. The van der Waals surface area contributed by atoms with Gasteiger partial charge in [0.1, 0.15) is 6.61 Å². The lowest BCUT2D eigenvalue weighted by Crippen LogP contribution is -2.44. The number of aromatic nitrogens is 4. The molecule has 0 aromatic carbocycles. The number of nitrogens with one attached hydrogen (secondary N) is 1. The molecule has 0 spiro atoms. The van der Waals surface area contributed by atoms with E-state index >= 15 is 0 Å². The van der Waals surface area contributed by atoms with Gasteiger partial charge in [0, 0.05) is 40.2 Å². The molecular formula is C18H24N6O4. The van der Waals surface area contributed by atoms with Gasteiger partial charge in [0.05, 0.1) is 13.1 Å². The molecule has 0 unspecified atom stereocenters. The van der Waals surface area contributed by atoms with Crippen molar-refractivity contribution in [1.29, 1.82) is 0 Å². The Kier molecular flexibility index (Phi) is 5.84. The van der Waals surface area contributed by atoms with Crippen molar-refractivity contribution in [3.8, 4) is 11.8 Å². The third-order valence-electron chi connectivity index (χ3n) is 4.65.